The van der Waals surface area contributed by atoms with Crippen molar-refractivity contribution in [1.29, 1.82) is 0 Å². The fraction of sp³-hybridized carbons (Fsp3) is 0.400. The average Bonchev–Trinajstić information content (AvgIpc) is 3.54. The van der Waals surface area contributed by atoms with Crippen molar-refractivity contribution in [3.63, 3.8) is 0 Å². The van der Waals surface area contributed by atoms with Crippen LogP contribution in [0.4, 0.5) is 17.5 Å². The van der Waals surface area contributed by atoms with Crippen molar-refractivity contribution in [2.24, 2.45) is 0 Å². The van der Waals surface area contributed by atoms with Gasteiger partial charge in [0.05, 0.1) is 6.20 Å². The van der Waals surface area contributed by atoms with Crippen molar-refractivity contribution >= 4 is 23.4 Å². The van der Waals surface area contributed by atoms with Gasteiger partial charge in [0, 0.05) is 24.8 Å². The molecule has 7 heteroatoms. The van der Waals surface area contributed by atoms with Crippen LogP contribution in [-0.4, -0.2) is 45.1 Å². The number of anilines is 3. The fourth-order valence-electron chi connectivity index (χ4n) is 3.43. The molecule has 0 bridgehead atoms. The SMILES string of the molecule is C=CC(=O)N1CCC[C@@H](Nc2nncc(Nc3ccc(C4CC4)cc3)n2)C1. The molecule has 0 unspecified atom stereocenters. The van der Waals surface area contributed by atoms with Crippen LogP contribution >= 0.6 is 0 Å². The lowest BCUT2D eigenvalue weighted by Gasteiger charge is -2.32. The summed E-state index contributed by atoms with van der Waals surface area (Å²) in [5.74, 6) is 1.82. The van der Waals surface area contributed by atoms with Crippen LogP contribution in [0, 0.1) is 0 Å². The molecule has 1 aromatic heterocycles. The third-order valence-electron chi connectivity index (χ3n) is 5.03. The summed E-state index contributed by atoms with van der Waals surface area (Å²) < 4.78 is 0. The van der Waals surface area contributed by atoms with E-state index in [1.54, 1.807) is 11.1 Å². The first-order chi connectivity index (χ1) is 13.2. The fourth-order valence-corrected chi connectivity index (χ4v) is 3.43. The van der Waals surface area contributed by atoms with Crippen molar-refractivity contribution in [2.75, 3.05) is 23.7 Å². The number of hydrogen-bond donors (Lipinski definition) is 2. The van der Waals surface area contributed by atoms with E-state index in [2.05, 4.69) is 56.7 Å². The number of carbonyl (C=O) groups is 1. The molecule has 2 N–H and O–H groups in total. The number of carbonyl (C=O) groups excluding carboxylic acids is 1. The molecular formula is C20H24N6O. The second-order valence-corrected chi connectivity index (χ2v) is 7.16. The summed E-state index contributed by atoms with van der Waals surface area (Å²) in [6.07, 6.45) is 7.47. The summed E-state index contributed by atoms with van der Waals surface area (Å²) in [5.41, 5.74) is 2.38. The van der Waals surface area contributed by atoms with Gasteiger partial charge in [0.1, 0.15) is 0 Å². The molecule has 27 heavy (non-hydrogen) atoms. The van der Waals surface area contributed by atoms with Crippen molar-refractivity contribution in [2.45, 2.75) is 37.6 Å². The average molecular weight is 364 g/mol. The van der Waals surface area contributed by atoms with Gasteiger partial charge in [0.25, 0.3) is 0 Å². The molecule has 2 aliphatic rings. The van der Waals surface area contributed by atoms with E-state index in [0.717, 1.165) is 31.0 Å². The first-order valence-corrected chi connectivity index (χ1v) is 9.46. The van der Waals surface area contributed by atoms with E-state index in [1.165, 1.54) is 24.5 Å². The Labute approximate surface area is 158 Å². The van der Waals surface area contributed by atoms with Crippen LogP contribution in [0.3, 0.4) is 0 Å². The van der Waals surface area contributed by atoms with Gasteiger partial charge in [0.15, 0.2) is 5.82 Å². The van der Waals surface area contributed by atoms with Crippen molar-refractivity contribution < 1.29 is 4.79 Å². The monoisotopic (exact) mass is 364 g/mol. The Morgan fingerprint density at radius 1 is 1.22 bits per heavy atom. The van der Waals surface area contributed by atoms with E-state index in [-0.39, 0.29) is 11.9 Å². The Balaban J connectivity index is 1.38. The number of nitrogens with zero attached hydrogens (tertiary/aromatic N) is 4. The third kappa shape index (κ3) is 4.42. The zero-order chi connectivity index (χ0) is 18.6. The second kappa shape index (κ2) is 7.73. The van der Waals surface area contributed by atoms with Crippen LogP contribution in [0.5, 0.6) is 0 Å². The summed E-state index contributed by atoms with van der Waals surface area (Å²) in [5, 5.41) is 14.7. The van der Waals surface area contributed by atoms with Gasteiger partial charge in [0.2, 0.25) is 11.9 Å². The molecule has 2 fully saturated rings. The number of likely N-dealkylation sites (tertiary alicyclic amines) is 1. The molecule has 1 saturated heterocycles. The molecule has 140 valence electrons. The highest BCUT2D eigenvalue weighted by Gasteiger charge is 2.23. The molecule has 1 aliphatic carbocycles. The zero-order valence-corrected chi connectivity index (χ0v) is 15.3. The first kappa shape index (κ1) is 17.5. The quantitative estimate of drug-likeness (QED) is 0.767. The summed E-state index contributed by atoms with van der Waals surface area (Å²) >= 11 is 0. The standard InChI is InChI=1S/C20H24N6O/c1-2-19(27)26-11-3-4-17(13-26)23-20-24-18(12-21-25-20)22-16-9-7-15(8-10-16)14-5-6-14/h2,7-10,12,14,17H,1,3-6,11,13H2,(H2,22,23,24,25)/t17-/m1/s1. The Morgan fingerprint density at radius 2 is 2.04 bits per heavy atom. The summed E-state index contributed by atoms with van der Waals surface area (Å²) in [7, 11) is 0. The van der Waals surface area contributed by atoms with E-state index in [0.29, 0.717) is 18.3 Å². The lowest BCUT2D eigenvalue weighted by Crippen LogP contribution is -2.44. The maximum absolute atomic E-state index is 11.8. The third-order valence-corrected chi connectivity index (χ3v) is 5.03. The van der Waals surface area contributed by atoms with Crippen LogP contribution in [-0.2, 0) is 4.79 Å². The Bertz CT molecular complexity index is 817. The number of benzene rings is 1. The molecule has 0 spiro atoms. The van der Waals surface area contributed by atoms with Crippen molar-refractivity contribution in [1.82, 2.24) is 20.1 Å². The molecule has 1 atom stereocenters. The highest BCUT2D eigenvalue weighted by molar-refractivity contribution is 5.87. The van der Waals surface area contributed by atoms with Gasteiger partial charge >= 0.3 is 0 Å². The van der Waals surface area contributed by atoms with E-state index >= 15 is 0 Å². The number of rotatable bonds is 6. The number of hydrogen-bond acceptors (Lipinski definition) is 6. The van der Waals surface area contributed by atoms with Gasteiger partial charge in [-0.3, -0.25) is 4.79 Å². The number of aromatic nitrogens is 3. The minimum atomic E-state index is -0.0365. The Morgan fingerprint density at radius 3 is 2.78 bits per heavy atom. The maximum atomic E-state index is 11.8. The van der Waals surface area contributed by atoms with Crippen LogP contribution in [0.25, 0.3) is 0 Å². The van der Waals surface area contributed by atoms with Gasteiger partial charge in [-0.15, -0.1) is 5.10 Å². The van der Waals surface area contributed by atoms with E-state index in [9.17, 15) is 4.79 Å². The molecule has 1 aliphatic heterocycles. The lowest BCUT2D eigenvalue weighted by atomic mass is 10.1. The zero-order valence-electron chi connectivity index (χ0n) is 15.3. The summed E-state index contributed by atoms with van der Waals surface area (Å²) in [6.45, 7) is 4.94. The largest absolute Gasteiger partial charge is 0.348 e. The maximum Gasteiger partial charge on any atom is 0.246 e. The molecule has 1 amide bonds. The molecule has 2 aromatic rings. The smallest absolute Gasteiger partial charge is 0.246 e. The van der Waals surface area contributed by atoms with Crippen LogP contribution in [0.15, 0.2) is 43.1 Å². The minimum Gasteiger partial charge on any atom is -0.348 e. The first-order valence-electron chi connectivity index (χ1n) is 9.46. The number of piperidine rings is 1. The summed E-state index contributed by atoms with van der Waals surface area (Å²) in [6, 6.07) is 8.59. The van der Waals surface area contributed by atoms with Gasteiger partial charge in [-0.05, 0) is 55.4 Å². The van der Waals surface area contributed by atoms with Crippen LogP contribution < -0.4 is 10.6 Å². The van der Waals surface area contributed by atoms with E-state index in [1.807, 2.05) is 0 Å². The number of nitrogens with one attached hydrogen (secondary N) is 2. The molecule has 1 aromatic carbocycles. The van der Waals surface area contributed by atoms with Gasteiger partial charge in [-0.2, -0.15) is 10.1 Å². The molecule has 4 rings (SSSR count). The van der Waals surface area contributed by atoms with Crippen molar-refractivity contribution in [3.8, 4) is 0 Å². The number of amides is 1. The van der Waals surface area contributed by atoms with E-state index in [4.69, 9.17) is 0 Å². The predicted octanol–water partition coefficient (Wildman–Crippen LogP) is 3.08. The predicted molar refractivity (Wildman–Crippen MR) is 105 cm³/mol. The minimum absolute atomic E-state index is 0.0365. The molecule has 2 heterocycles. The Kier molecular flexibility index (Phi) is 5.00. The Hall–Kier alpha value is -2.96. The highest BCUT2D eigenvalue weighted by atomic mass is 16.2. The van der Waals surface area contributed by atoms with Crippen molar-refractivity contribution in [3.05, 3.63) is 48.7 Å². The van der Waals surface area contributed by atoms with Gasteiger partial charge in [-0.25, -0.2) is 0 Å². The van der Waals surface area contributed by atoms with Crippen LogP contribution in [0.2, 0.25) is 0 Å². The highest BCUT2D eigenvalue weighted by Crippen LogP contribution is 2.40. The second-order valence-electron chi connectivity index (χ2n) is 7.16. The molecule has 0 radical (unpaired) electrons. The van der Waals surface area contributed by atoms with Crippen LogP contribution in [0.1, 0.15) is 37.2 Å². The van der Waals surface area contributed by atoms with E-state index < -0.39 is 0 Å². The molecular weight excluding hydrogens is 340 g/mol. The molecule has 7 nitrogen and oxygen atoms in total. The summed E-state index contributed by atoms with van der Waals surface area (Å²) in [4.78, 5) is 18.1. The van der Waals surface area contributed by atoms with Gasteiger partial charge < -0.3 is 15.5 Å². The normalized spacial score (nSPS) is 19.4. The molecule has 1 saturated carbocycles. The lowest BCUT2D eigenvalue weighted by molar-refractivity contribution is -0.127. The topological polar surface area (TPSA) is 83.0 Å². The van der Waals surface area contributed by atoms with Gasteiger partial charge in [-0.1, -0.05) is 18.7 Å².